The molecule has 0 radical (unpaired) electrons. The first-order valence-electron chi connectivity index (χ1n) is 6.11. The highest BCUT2D eigenvalue weighted by molar-refractivity contribution is 7.08. The number of aromatic nitrogens is 2. The third-order valence-electron chi connectivity index (χ3n) is 2.67. The van der Waals surface area contributed by atoms with Crippen LogP contribution in [0.5, 0.6) is 0 Å². The molecule has 1 N–H and O–H groups in total. The van der Waals surface area contributed by atoms with Gasteiger partial charge in [0.25, 0.3) is 0 Å². The minimum atomic E-state index is -0.356. The predicted octanol–water partition coefficient (Wildman–Crippen LogP) is 3.12. The van der Waals surface area contributed by atoms with Crippen LogP contribution in [0.1, 0.15) is 5.89 Å². The molecule has 0 saturated carbocycles. The highest BCUT2D eigenvalue weighted by Crippen LogP contribution is 2.20. The minimum absolute atomic E-state index is 0.0332. The molecule has 0 atom stereocenters. The average molecular weight is 303 g/mol. The highest BCUT2D eigenvalue weighted by Gasteiger charge is 2.12. The predicted molar refractivity (Wildman–Crippen MR) is 76.3 cm³/mol. The van der Waals surface area contributed by atoms with Crippen molar-refractivity contribution in [1.29, 1.82) is 0 Å². The fourth-order valence-electron chi connectivity index (χ4n) is 1.70. The van der Waals surface area contributed by atoms with Crippen molar-refractivity contribution in [3.05, 3.63) is 52.8 Å². The van der Waals surface area contributed by atoms with Crippen LogP contribution < -0.4 is 5.32 Å². The Hall–Kier alpha value is -2.54. The van der Waals surface area contributed by atoms with Gasteiger partial charge in [0, 0.05) is 16.6 Å². The number of carbonyl (C=O) groups is 1. The molecule has 0 aliphatic rings. The van der Waals surface area contributed by atoms with E-state index in [1.165, 1.54) is 35.6 Å². The Morgan fingerprint density at radius 1 is 1.24 bits per heavy atom. The zero-order valence-electron chi connectivity index (χ0n) is 10.7. The van der Waals surface area contributed by atoms with Crippen LogP contribution in [-0.4, -0.2) is 16.1 Å². The van der Waals surface area contributed by atoms with Crippen molar-refractivity contribution in [1.82, 2.24) is 10.2 Å². The zero-order chi connectivity index (χ0) is 14.7. The lowest BCUT2D eigenvalue weighted by Crippen LogP contribution is -2.14. The van der Waals surface area contributed by atoms with Crippen LogP contribution >= 0.6 is 11.3 Å². The molecule has 0 bridgehead atoms. The molecule has 0 fully saturated rings. The van der Waals surface area contributed by atoms with Crippen LogP contribution in [0.15, 0.2) is 45.5 Å². The van der Waals surface area contributed by atoms with E-state index in [0.717, 1.165) is 5.56 Å². The lowest BCUT2D eigenvalue weighted by molar-refractivity contribution is -0.115. The van der Waals surface area contributed by atoms with Crippen LogP contribution in [-0.2, 0) is 11.2 Å². The van der Waals surface area contributed by atoms with Crippen LogP contribution in [0.4, 0.5) is 10.1 Å². The summed E-state index contributed by atoms with van der Waals surface area (Å²) in [5.74, 6) is -0.0379. The lowest BCUT2D eigenvalue weighted by atomic mass is 10.3. The maximum absolute atomic E-state index is 12.8. The normalized spacial score (nSPS) is 10.5. The van der Waals surface area contributed by atoms with Crippen molar-refractivity contribution < 1.29 is 13.6 Å². The molecular formula is C14H10FN3O2S. The van der Waals surface area contributed by atoms with E-state index in [-0.39, 0.29) is 24.0 Å². The highest BCUT2D eigenvalue weighted by atomic mass is 32.1. The van der Waals surface area contributed by atoms with Gasteiger partial charge in [0.15, 0.2) is 0 Å². The molecular weight excluding hydrogens is 293 g/mol. The molecule has 0 aliphatic carbocycles. The molecule has 0 unspecified atom stereocenters. The summed E-state index contributed by atoms with van der Waals surface area (Å²) in [6.07, 6.45) is -0.0332. The van der Waals surface area contributed by atoms with Crippen molar-refractivity contribution in [3.63, 3.8) is 0 Å². The average Bonchev–Trinajstić information content (AvgIpc) is 3.12. The van der Waals surface area contributed by atoms with Crippen molar-refractivity contribution >= 4 is 22.9 Å². The summed E-state index contributed by atoms with van der Waals surface area (Å²) in [5, 5.41) is 14.1. The van der Waals surface area contributed by atoms with E-state index in [1.807, 2.05) is 16.8 Å². The Balaban J connectivity index is 1.64. The van der Waals surface area contributed by atoms with Gasteiger partial charge in [-0.3, -0.25) is 4.79 Å². The summed E-state index contributed by atoms with van der Waals surface area (Å²) >= 11 is 1.52. The fraction of sp³-hybridized carbons (Fsp3) is 0.0714. The topological polar surface area (TPSA) is 68.0 Å². The second-order valence-electron chi connectivity index (χ2n) is 4.24. The first-order valence-corrected chi connectivity index (χ1v) is 7.05. The number of hydrogen-bond donors (Lipinski definition) is 1. The summed E-state index contributed by atoms with van der Waals surface area (Å²) in [5.41, 5.74) is 1.34. The number of hydrogen-bond acceptors (Lipinski definition) is 5. The van der Waals surface area contributed by atoms with Gasteiger partial charge >= 0.3 is 0 Å². The number of nitrogens with one attached hydrogen (secondary N) is 1. The number of nitrogens with zero attached hydrogens (tertiary/aromatic N) is 2. The van der Waals surface area contributed by atoms with Crippen LogP contribution in [0.2, 0.25) is 0 Å². The van der Waals surface area contributed by atoms with Crippen LogP contribution in [0.3, 0.4) is 0 Å². The number of rotatable bonds is 4. The Bertz CT molecular complexity index is 738. The van der Waals surface area contributed by atoms with Gasteiger partial charge in [-0.25, -0.2) is 4.39 Å². The molecule has 5 nitrogen and oxygen atoms in total. The van der Waals surface area contributed by atoms with Gasteiger partial charge in [0.05, 0.1) is 0 Å². The van der Waals surface area contributed by atoms with E-state index in [1.54, 1.807) is 0 Å². The van der Waals surface area contributed by atoms with Crippen LogP contribution in [0, 0.1) is 5.82 Å². The van der Waals surface area contributed by atoms with Gasteiger partial charge in [-0.05, 0) is 35.7 Å². The Labute approximate surface area is 123 Å². The summed E-state index contributed by atoms with van der Waals surface area (Å²) in [4.78, 5) is 11.8. The quantitative estimate of drug-likeness (QED) is 0.804. The lowest BCUT2D eigenvalue weighted by Gasteiger charge is -2.02. The Kier molecular flexibility index (Phi) is 3.74. The van der Waals surface area contributed by atoms with E-state index in [0.29, 0.717) is 11.6 Å². The van der Waals surface area contributed by atoms with Crippen molar-refractivity contribution in [2.24, 2.45) is 0 Å². The third-order valence-corrected chi connectivity index (χ3v) is 3.36. The SMILES string of the molecule is O=C(Cc1nnc(-c2ccsc2)o1)Nc1ccc(F)cc1. The molecule has 0 spiro atoms. The molecule has 2 heterocycles. The largest absolute Gasteiger partial charge is 0.420 e. The zero-order valence-corrected chi connectivity index (χ0v) is 11.6. The second kappa shape index (κ2) is 5.84. The number of halogens is 1. The summed E-state index contributed by atoms with van der Waals surface area (Å²) in [7, 11) is 0. The summed E-state index contributed by atoms with van der Waals surface area (Å²) in [6, 6.07) is 7.38. The number of anilines is 1. The molecule has 2 aromatic heterocycles. The van der Waals surface area contributed by atoms with Gasteiger partial charge in [-0.15, -0.1) is 10.2 Å². The molecule has 1 amide bonds. The van der Waals surface area contributed by atoms with Crippen LogP contribution in [0.25, 0.3) is 11.5 Å². The molecule has 21 heavy (non-hydrogen) atoms. The molecule has 7 heteroatoms. The molecule has 1 aromatic carbocycles. The molecule has 3 aromatic rings. The minimum Gasteiger partial charge on any atom is -0.420 e. The molecule has 106 valence electrons. The maximum atomic E-state index is 12.8. The van der Waals surface area contributed by atoms with Gasteiger partial charge in [0.1, 0.15) is 12.2 Å². The van der Waals surface area contributed by atoms with E-state index in [4.69, 9.17) is 4.42 Å². The van der Waals surface area contributed by atoms with E-state index in [2.05, 4.69) is 15.5 Å². The van der Waals surface area contributed by atoms with Crippen molar-refractivity contribution in [2.45, 2.75) is 6.42 Å². The molecule has 0 saturated heterocycles. The van der Waals surface area contributed by atoms with E-state index < -0.39 is 0 Å². The Morgan fingerprint density at radius 2 is 2.05 bits per heavy atom. The second-order valence-corrected chi connectivity index (χ2v) is 5.02. The van der Waals surface area contributed by atoms with E-state index >= 15 is 0 Å². The molecule has 0 aliphatic heterocycles. The smallest absolute Gasteiger partial charge is 0.248 e. The fourth-order valence-corrected chi connectivity index (χ4v) is 2.33. The van der Waals surface area contributed by atoms with Crippen molar-refractivity contribution in [3.8, 4) is 11.5 Å². The van der Waals surface area contributed by atoms with E-state index in [9.17, 15) is 9.18 Å². The monoisotopic (exact) mass is 303 g/mol. The third kappa shape index (κ3) is 3.32. The summed E-state index contributed by atoms with van der Waals surface area (Å²) in [6.45, 7) is 0. The first kappa shape index (κ1) is 13.4. The molecule has 3 rings (SSSR count). The summed E-state index contributed by atoms with van der Waals surface area (Å²) < 4.78 is 18.2. The van der Waals surface area contributed by atoms with Gasteiger partial charge in [-0.2, -0.15) is 11.3 Å². The van der Waals surface area contributed by atoms with Gasteiger partial charge in [-0.1, -0.05) is 0 Å². The van der Waals surface area contributed by atoms with Gasteiger partial charge in [0.2, 0.25) is 17.7 Å². The van der Waals surface area contributed by atoms with Crippen molar-refractivity contribution in [2.75, 3.05) is 5.32 Å². The number of carbonyl (C=O) groups excluding carboxylic acids is 1. The number of benzene rings is 1. The Morgan fingerprint density at radius 3 is 2.76 bits per heavy atom. The van der Waals surface area contributed by atoms with Gasteiger partial charge < -0.3 is 9.73 Å². The number of amides is 1. The first-order chi connectivity index (χ1) is 10.2. The maximum Gasteiger partial charge on any atom is 0.248 e. The standard InChI is InChI=1S/C14H10FN3O2S/c15-10-1-3-11(4-2-10)16-12(19)7-13-17-18-14(20-13)9-5-6-21-8-9/h1-6,8H,7H2,(H,16,19). The number of thiophene rings is 1.